The van der Waals surface area contributed by atoms with E-state index in [4.69, 9.17) is 0 Å². The third-order valence-corrected chi connectivity index (χ3v) is 1.63. The molecule has 0 fully saturated rings. The molecule has 0 unspecified atom stereocenters. The lowest BCUT2D eigenvalue weighted by molar-refractivity contribution is -0.0502. The lowest BCUT2D eigenvalue weighted by atomic mass is 10.2. The van der Waals surface area contributed by atoms with Gasteiger partial charge in [-0.3, -0.25) is 4.79 Å². The van der Waals surface area contributed by atoms with Crippen molar-refractivity contribution in [3.8, 4) is 11.5 Å². The molecule has 0 aromatic heterocycles. The number of alkyl halides is 2. The zero-order valence-corrected chi connectivity index (χ0v) is 7.67. The molecule has 82 valence electrons. The first-order valence-corrected chi connectivity index (χ1v) is 3.86. The molecule has 0 aliphatic rings. The number of rotatable bonds is 4. The summed E-state index contributed by atoms with van der Waals surface area (Å²) in [5.74, 6) is -1.60. The quantitative estimate of drug-likeness (QED) is 0.730. The van der Waals surface area contributed by atoms with E-state index in [0.29, 0.717) is 6.07 Å². The van der Waals surface area contributed by atoms with Crippen LogP contribution in [-0.2, 0) is 0 Å². The minimum absolute atomic E-state index is 0.200. The van der Waals surface area contributed by atoms with Gasteiger partial charge in [-0.15, -0.1) is 0 Å². The van der Waals surface area contributed by atoms with E-state index >= 15 is 0 Å². The van der Waals surface area contributed by atoms with Crippen LogP contribution in [-0.4, -0.2) is 20.0 Å². The molecule has 0 heterocycles. The molecule has 0 saturated carbocycles. The minimum atomic E-state index is -3.11. The number of hydrogen-bond acceptors (Lipinski definition) is 3. The Morgan fingerprint density at radius 1 is 1.33 bits per heavy atom. The number of ether oxygens (including phenoxy) is 2. The van der Waals surface area contributed by atoms with Crippen LogP contribution in [0.1, 0.15) is 10.4 Å². The molecule has 0 bridgehead atoms. The van der Waals surface area contributed by atoms with Crippen molar-refractivity contribution in [1.29, 1.82) is 0 Å². The zero-order chi connectivity index (χ0) is 11.4. The summed E-state index contributed by atoms with van der Waals surface area (Å²) in [6, 6.07) is 1.66. The summed E-state index contributed by atoms with van der Waals surface area (Å²) in [5.41, 5.74) is -0.200. The Balaban J connectivity index is 3.15. The molecule has 1 rings (SSSR count). The topological polar surface area (TPSA) is 35.5 Å². The lowest BCUT2D eigenvalue weighted by Gasteiger charge is -2.09. The Hall–Kier alpha value is -1.72. The summed E-state index contributed by atoms with van der Waals surface area (Å²) in [6.07, 6.45) is 0.277. The Bertz CT molecular complexity index is 366. The number of aldehydes is 1. The molecule has 1 aromatic carbocycles. The smallest absolute Gasteiger partial charge is 0.387 e. The van der Waals surface area contributed by atoms with Crippen LogP contribution in [0, 0.1) is 5.82 Å². The number of methoxy groups -OCH3 is 1. The number of halogens is 3. The second-order valence-corrected chi connectivity index (χ2v) is 2.52. The lowest BCUT2D eigenvalue weighted by Crippen LogP contribution is -2.05. The van der Waals surface area contributed by atoms with Crippen LogP contribution in [0.25, 0.3) is 0 Å². The Morgan fingerprint density at radius 2 is 2.00 bits per heavy atom. The minimum Gasteiger partial charge on any atom is -0.494 e. The second-order valence-electron chi connectivity index (χ2n) is 2.52. The highest BCUT2D eigenvalue weighted by molar-refractivity contribution is 5.80. The SMILES string of the molecule is COc1cc(C=O)c(OC(F)F)cc1F. The van der Waals surface area contributed by atoms with Gasteiger partial charge in [0, 0.05) is 6.07 Å². The van der Waals surface area contributed by atoms with Gasteiger partial charge < -0.3 is 9.47 Å². The second kappa shape index (κ2) is 4.68. The highest BCUT2D eigenvalue weighted by Gasteiger charge is 2.14. The van der Waals surface area contributed by atoms with E-state index in [1.807, 2.05) is 0 Å². The van der Waals surface area contributed by atoms with E-state index in [2.05, 4.69) is 9.47 Å². The van der Waals surface area contributed by atoms with Crippen LogP contribution < -0.4 is 9.47 Å². The molecule has 3 nitrogen and oxygen atoms in total. The van der Waals surface area contributed by atoms with Crippen LogP contribution in [0.5, 0.6) is 11.5 Å². The highest BCUT2D eigenvalue weighted by atomic mass is 19.3. The van der Waals surface area contributed by atoms with Gasteiger partial charge in [-0.2, -0.15) is 8.78 Å². The summed E-state index contributed by atoms with van der Waals surface area (Å²) >= 11 is 0. The maximum atomic E-state index is 13.1. The number of carbonyl (C=O) groups excluding carboxylic acids is 1. The Morgan fingerprint density at radius 3 is 2.47 bits per heavy atom. The van der Waals surface area contributed by atoms with Crippen molar-refractivity contribution in [2.24, 2.45) is 0 Å². The number of hydrogen-bond donors (Lipinski definition) is 0. The standard InChI is InChI=1S/C9H7F3O3/c1-14-8-2-5(4-13)7(3-6(8)10)15-9(11)12/h2-4,9H,1H3. The third kappa shape index (κ3) is 2.61. The molecular weight excluding hydrogens is 213 g/mol. The molecule has 0 spiro atoms. The van der Waals surface area contributed by atoms with Gasteiger partial charge >= 0.3 is 6.61 Å². The molecule has 0 saturated heterocycles. The van der Waals surface area contributed by atoms with E-state index < -0.39 is 18.2 Å². The van der Waals surface area contributed by atoms with Crippen LogP contribution in [0.2, 0.25) is 0 Å². The number of benzene rings is 1. The molecule has 1 aromatic rings. The number of carbonyl (C=O) groups is 1. The largest absolute Gasteiger partial charge is 0.494 e. The van der Waals surface area contributed by atoms with Crippen molar-refractivity contribution in [3.63, 3.8) is 0 Å². The fourth-order valence-corrected chi connectivity index (χ4v) is 0.997. The monoisotopic (exact) mass is 220 g/mol. The van der Waals surface area contributed by atoms with Gasteiger partial charge in [0.2, 0.25) is 0 Å². The predicted molar refractivity (Wildman–Crippen MR) is 45.0 cm³/mol. The summed E-state index contributed by atoms with van der Waals surface area (Å²) < 4.78 is 45.3. The van der Waals surface area contributed by atoms with Crippen molar-refractivity contribution in [3.05, 3.63) is 23.5 Å². The van der Waals surface area contributed by atoms with E-state index in [9.17, 15) is 18.0 Å². The molecular formula is C9H7F3O3. The van der Waals surface area contributed by atoms with Gasteiger partial charge in [-0.1, -0.05) is 0 Å². The highest BCUT2D eigenvalue weighted by Crippen LogP contribution is 2.27. The van der Waals surface area contributed by atoms with E-state index in [1.165, 1.54) is 7.11 Å². The molecule has 15 heavy (non-hydrogen) atoms. The Labute approximate surface area is 83.4 Å². The molecule has 6 heteroatoms. The van der Waals surface area contributed by atoms with Gasteiger partial charge in [0.1, 0.15) is 5.75 Å². The fraction of sp³-hybridized carbons (Fsp3) is 0.222. The first-order valence-electron chi connectivity index (χ1n) is 3.86. The molecule has 0 aliphatic carbocycles. The van der Waals surface area contributed by atoms with Gasteiger partial charge in [0.05, 0.1) is 12.7 Å². The molecule has 0 amide bonds. The van der Waals surface area contributed by atoms with Crippen molar-refractivity contribution in [1.82, 2.24) is 0 Å². The maximum absolute atomic E-state index is 13.1. The fourth-order valence-electron chi connectivity index (χ4n) is 0.997. The van der Waals surface area contributed by atoms with Crippen molar-refractivity contribution >= 4 is 6.29 Å². The van der Waals surface area contributed by atoms with Crippen LogP contribution in [0.15, 0.2) is 12.1 Å². The van der Waals surface area contributed by atoms with E-state index in [1.54, 1.807) is 0 Å². The van der Waals surface area contributed by atoms with Gasteiger partial charge in [-0.05, 0) is 6.07 Å². The van der Waals surface area contributed by atoms with Crippen LogP contribution in [0.4, 0.5) is 13.2 Å². The van der Waals surface area contributed by atoms with Crippen LogP contribution in [0.3, 0.4) is 0 Å². The van der Waals surface area contributed by atoms with E-state index in [0.717, 1.165) is 6.07 Å². The molecule has 0 atom stereocenters. The molecule has 0 aliphatic heterocycles. The van der Waals surface area contributed by atoms with E-state index in [-0.39, 0.29) is 17.6 Å². The molecule has 0 radical (unpaired) electrons. The summed E-state index contributed by atoms with van der Waals surface area (Å²) in [6.45, 7) is -3.11. The van der Waals surface area contributed by atoms with Crippen molar-refractivity contribution < 1.29 is 27.4 Å². The zero-order valence-electron chi connectivity index (χ0n) is 7.67. The van der Waals surface area contributed by atoms with Gasteiger partial charge in [0.15, 0.2) is 17.9 Å². The van der Waals surface area contributed by atoms with Crippen molar-refractivity contribution in [2.45, 2.75) is 6.61 Å². The average Bonchev–Trinajstić information content (AvgIpc) is 2.17. The summed E-state index contributed by atoms with van der Waals surface area (Å²) in [7, 11) is 1.20. The predicted octanol–water partition coefficient (Wildman–Crippen LogP) is 2.25. The first-order chi connectivity index (χ1) is 7.08. The maximum Gasteiger partial charge on any atom is 0.387 e. The third-order valence-electron chi connectivity index (χ3n) is 1.63. The van der Waals surface area contributed by atoms with Crippen LogP contribution >= 0.6 is 0 Å². The van der Waals surface area contributed by atoms with Gasteiger partial charge in [0.25, 0.3) is 0 Å². The summed E-state index contributed by atoms with van der Waals surface area (Å²) in [5, 5.41) is 0. The normalized spacial score (nSPS) is 10.2. The first kappa shape index (κ1) is 11.4. The van der Waals surface area contributed by atoms with Gasteiger partial charge in [-0.25, -0.2) is 4.39 Å². The van der Waals surface area contributed by atoms with Crippen molar-refractivity contribution in [2.75, 3.05) is 7.11 Å². The summed E-state index contributed by atoms with van der Waals surface area (Å²) in [4.78, 5) is 10.5. The average molecular weight is 220 g/mol. The molecule has 0 N–H and O–H groups in total. The Kier molecular flexibility index (Phi) is 3.54.